The molecule has 0 spiro atoms. The van der Waals surface area contributed by atoms with Crippen LogP contribution in [-0.4, -0.2) is 132 Å². The van der Waals surface area contributed by atoms with E-state index in [0.29, 0.717) is 5.56 Å². The van der Waals surface area contributed by atoms with Gasteiger partial charge >= 0.3 is 35.8 Å². The summed E-state index contributed by atoms with van der Waals surface area (Å²) >= 11 is 0. The molecule has 57 heavy (non-hydrogen) atoms. The maximum Gasteiger partial charge on any atom is 0.326 e. The third-order valence-electron chi connectivity index (χ3n) is 8.09. The fourth-order valence-corrected chi connectivity index (χ4v) is 4.92. The zero-order chi connectivity index (χ0) is 43.2. The average Bonchev–Trinajstić information content (AvgIpc) is 3.13. The smallest absolute Gasteiger partial charge is 0.326 e. The van der Waals surface area contributed by atoms with E-state index < -0.39 is 159 Å². The van der Waals surface area contributed by atoms with Crippen molar-refractivity contribution in [3.63, 3.8) is 0 Å². The number of amides is 5. The molecular formula is C34H46N6O17. The Morgan fingerprint density at radius 1 is 0.404 bits per heavy atom. The summed E-state index contributed by atoms with van der Waals surface area (Å²) in [5, 5.41) is 66.8. The van der Waals surface area contributed by atoms with Crippen LogP contribution in [0.1, 0.15) is 69.8 Å². The number of benzene rings is 1. The van der Waals surface area contributed by atoms with Crippen molar-refractivity contribution >= 4 is 65.4 Å². The maximum absolute atomic E-state index is 12.5. The molecule has 5 amide bonds. The number of nitrogens with two attached hydrogens (primary N) is 1. The molecule has 23 heteroatoms. The Labute approximate surface area is 323 Å². The number of aliphatic carboxylic acids is 6. The van der Waals surface area contributed by atoms with Crippen LogP contribution in [0.4, 0.5) is 0 Å². The van der Waals surface area contributed by atoms with E-state index in [-0.39, 0.29) is 12.8 Å². The van der Waals surface area contributed by atoms with Gasteiger partial charge in [0, 0.05) is 38.5 Å². The van der Waals surface area contributed by atoms with Gasteiger partial charge in [-0.1, -0.05) is 30.3 Å². The number of hydrogen-bond donors (Lipinski definition) is 12. The second-order valence-electron chi connectivity index (χ2n) is 12.6. The Morgan fingerprint density at radius 3 is 0.930 bits per heavy atom. The molecule has 0 bridgehead atoms. The van der Waals surface area contributed by atoms with Crippen LogP contribution < -0.4 is 32.3 Å². The third kappa shape index (κ3) is 20.0. The molecule has 0 aliphatic carbocycles. The fraction of sp³-hybridized carbons (Fsp3) is 0.500. The highest BCUT2D eigenvalue weighted by molar-refractivity contribution is 5.89. The quantitative estimate of drug-likeness (QED) is 0.0412. The topological polar surface area (TPSA) is 395 Å². The molecule has 23 nitrogen and oxygen atoms in total. The van der Waals surface area contributed by atoms with Crippen LogP contribution in [0.5, 0.6) is 0 Å². The lowest BCUT2D eigenvalue weighted by molar-refractivity contribution is -0.144. The molecule has 0 saturated carbocycles. The summed E-state index contributed by atoms with van der Waals surface area (Å²) in [6.45, 7) is 0. The molecule has 6 atom stereocenters. The molecule has 0 aliphatic rings. The van der Waals surface area contributed by atoms with Crippen LogP contribution in [0, 0.1) is 0 Å². The molecule has 0 unspecified atom stereocenters. The highest BCUT2D eigenvalue weighted by Crippen LogP contribution is 2.08. The zero-order valence-electron chi connectivity index (χ0n) is 30.4. The monoisotopic (exact) mass is 810 g/mol. The van der Waals surface area contributed by atoms with Crippen LogP contribution in [0.15, 0.2) is 30.3 Å². The molecule has 1 rings (SSSR count). The Hall–Kier alpha value is -6.65. The number of carboxylic acids is 6. The van der Waals surface area contributed by atoms with E-state index in [4.69, 9.17) is 10.8 Å². The second-order valence-corrected chi connectivity index (χ2v) is 12.6. The van der Waals surface area contributed by atoms with Crippen molar-refractivity contribution in [3.8, 4) is 0 Å². The Morgan fingerprint density at radius 2 is 0.667 bits per heavy atom. The van der Waals surface area contributed by atoms with Gasteiger partial charge < -0.3 is 63.0 Å². The molecule has 1 aromatic rings. The number of nitrogens with one attached hydrogen (secondary N) is 5. The van der Waals surface area contributed by atoms with E-state index in [0.717, 1.165) is 0 Å². The normalized spacial score (nSPS) is 13.8. The first-order valence-corrected chi connectivity index (χ1v) is 17.3. The van der Waals surface area contributed by atoms with Crippen molar-refractivity contribution in [1.29, 1.82) is 0 Å². The molecule has 13 N–H and O–H groups in total. The van der Waals surface area contributed by atoms with Gasteiger partial charge in [0.15, 0.2) is 0 Å². The van der Waals surface area contributed by atoms with Gasteiger partial charge in [0.25, 0.3) is 0 Å². The summed E-state index contributed by atoms with van der Waals surface area (Å²) in [5.41, 5.74) is 5.92. The first-order chi connectivity index (χ1) is 26.7. The van der Waals surface area contributed by atoms with Crippen molar-refractivity contribution in [2.75, 3.05) is 0 Å². The number of rotatable bonds is 28. The molecule has 0 heterocycles. The van der Waals surface area contributed by atoms with E-state index in [1.807, 2.05) is 0 Å². The summed E-state index contributed by atoms with van der Waals surface area (Å²) in [4.78, 5) is 131. The summed E-state index contributed by atoms with van der Waals surface area (Å²) in [6.07, 6.45) is -5.17. The Kier molecular flexibility index (Phi) is 21.0. The summed E-state index contributed by atoms with van der Waals surface area (Å²) in [7, 11) is 0. The van der Waals surface area contributed by atoms with Crippen molar-refractivity contribution in [2.45, 2.75) is 107 Å². The van der Waals surface area contributed by atoms with Gasteiger partial charge in [-0.3, -0.25) is 28.8 Å². The summed E-state index contributed by atoms with van der Waals surface area (Å²) in [5.74, 6) is -13.6. The van der Waals surface area contributed by atoms with Crippen LogP contribution in [0.2, 0.25) is 0 Å². The van der Waals surface area contributed by atoms with E-state index >= 15 is 0 Å². The van der Waals surface area contributed by atoms with Gasteiger partial charge in [-0.2, -0.15) is 0 Å². The van der Waals surface area contributed by atoms with Gasteiger partial charge in [0.05, 0.1) is 0 Å². The lowest BCUT2D eigenvalue weighted by Crippen LogP contribution is -2.46. The van der Waals surface area contributed by atoms with E-state index in [2.05, 4.69) is 26.6 Å². The highest BCUT2D eigenvalue weighted by Gasteiger charge is 2.28. The first kappa shape index (κ1) is 48.4. The minimum absolute atomic E-state index is 0.0444. The summed E-state index contributed by atoms with van der Waals surface area (Å²) < 4.78 is 0. The highest BCUT2D eigenvalue weighted by atomic mass is 16.4. The fourth-order valence-electron chi connectivity index (χ4n) is 4.92. The summed E-state index contributed by atoms with van der Waals surface area (Å²) in [6, 6.07) is -0.897. The van der Waals surface area contributed by atoms with Gasteiger partial charge in [0.2, 0.25) is 29.5 Å². The minimum atomic E-state index is -1.70. The standard InChI is InChI=1S/C34H46N6O17/c35-18(29(46)47)6-11-24(41)36-19(30(48)49)7-12-25(42)37-20(31(50)51)8-13-26(43)38-21(32(52)53)9-14-27(44)39-22(33(54)55)10-15-28(45)40-23(34(56)57)16-17-4-2-1-3-5-17/h1-5,18-23H,6-16,35H2,(H,36,41)(H,37,42)(H,38,43)(H,39,44)(H,40,45)(H,46,47)(H,48,49)(H,50,51)(H,52,53)(H,54,55)(H,56,57)/t18-,19-,20-,21-,22-,23-/m0/s1. The van der Waals surface area contributed by atoms with Crippen LogP contribution >= 0.6 is 0 Å². The second kappa shape index (κ2) is 24.7. The lowest BCUT2D eigenvalue weighted by Gasteiger charge is -2.19. The molecule has 0 aliphatic heterocycles. The molecule has 0 fully saturated rings. The molecule has 0 aromatic heterocycles. The molecular weight excluding hydrogens is 764 g/mol. The number of carboxylic acid groups (broad SMARTS) is 6. The van der Waals surface area contributed by atoms with Crippen molar-refractivity contribution < 1.29 is 83.4 Å². The van der Waals surface area contributed by atoms with Gasteiger partial charge in [0.1, 0.15) is 36.3 Å². The lowest BCUT2D eigenvalue weighted by atomic mass is 10.1. The first-order valence-electron chi connectivity index (χ1n) is 17.3. The SMILES string of the molecule is N[C@@H](CCC(=O)N[C@@H](CCC(=O)N[C@@H](CCC(=O)N[C@@H](CCC(=O)N[C@@H](CCC(=O)N[C@@H](Cc1ccccc1)C(=O)O)C(=O)O)C(=O)O)C(=O)O)C(=O)O)C(=O)O. The van der Waals surface area contributed by atoms with Gasteiger partial charge in [-0.15, -0.1) is 0 Å². The van der Waals surface area contributed by atoms with Crippen LogP contribution in [-0.2, 0) is 59.2 Å². The molecule has 1 aromatic carbocycles. The molecule has 0 saturated heterocycles. The third-order valence-corrected chi connectivity index (χ3v) is 8.09. The Bertz CT molecular complexity index is 1640. The average molecular weight is 811 g/mol. The van der Waals surface area contributed by atoms with Gasteiger partial charge in [-0.05, 0) is 37.7 Å². The van der Waals surface area contributed by atoms with Crippen molar-refractivity contribution in [3.05, 3.63) is 35.9 Å². The number of hydrogen-bond acceptors (Lipinski definition) is 12. The predicted octanol–water partition coefficient (Wildman–Crippen LogP) is -2.61. The maximum atomic E-state index is 12.5. The largest absolute Gasteiger partial charge is 0.480 e. The Balaban J connectivity index is 2.63. The minimum Gasteiger partial charge on any atom is -0.480 e. The van der Waals surface area contributed by atoms with E-state index in [1.54, 1.807) is 30.3 Å². The predicted molar refractivity (Wildman–Crippen MR) is 190 cm³/mol. The van der Waals surface area contributed by atoms with Crippen LogP contribution in [0.25, 0.3) is 0 Å². The van der Waals surface area contributed by atoms with Crippen molar-refractivity contribution in [1.82, 2.24) is 26.6 Å². The zero-order valence-corrected chi connectivity index (χ0v) is 30.4. The molecule has 0 radical (unpaired) electrons. The van der Waals surface area contributed by atoms with E-state index in [9.17, 15) is 78.3 Å². The van der Waals surface area contributed by atoms with Crippen LogP contribution in [0.3, 0.4) is 0 Å². The number of carbonyl (C=O) groups is 11. The number of carbonyl (C=O) groups excluding carboxylic acids is 5. The van der Waals surface area contributed by atoms with Crippen molar-refractivity contribution in [2.24, 2.45) is 5.73 Å². The molecule has 314 valence electrons. The van der Waals surface area contributed by atoms with Gasteiger partial charge in [-0.25, -0.2) is 24.0 Å². The van der Waals surface area contributed by atoms with E-state index in [1.165, 1.54) is 0 Å².